The molecule has 1 aromatic carbocycles. The first kappa shape index (κ1) is 15.3. The summed E-state index contributed by atoms with van der Waals surface area (Å²) in [5.41, 5.74) is 8.77. The van der Waals surface area contributed by atoms with E-state index in [4.69, 9.17) is 15.2 Å². The molecule has 0 aliphatic heterocycles. The Hall–Kier alpha value is -2.14. The summed E-state index contributed by atoms with van der Waals surface area (Å²) in [7, 11) is 1.62. The number of aromatic nitrogens is 1. The van der Waals surface area contributed by atoms with Crippen LogP contribution >= 0.6 is 0 Å². The average Bonchev–Trinajstić information content (AvgIpc) is 2.48. The molecule has 0 saturated carbocycles. The van der Waals surface area contributed by atoms with Crippen LogP contribution in [0.4, 0.5) is 4.39 Å². The van der Waals surface area contributed by atoms with E-state index in [2.05, 4.69) is 4.98 Å². The molecule has 0 atom stereocenters. The van der Waals surface area contributed by atoms with Crippen LogP contribution in [0.25, 0.3) is 0 Å². The largest absolute Gasteiger partial charge is 0.496 e. The van der Waals surface area contributed by atoms with Crippen molar-refractivity contribution in [2.24, 2.45) is 5.73 Å². The normalized spacial score (nSPS) is 10.5. The Kier molecular flexibility index (Phi) is 4.75. The van der Waals surface area contributed by atoms with Crippen LogP contribution in [-0.2, 0) is 13.2 Å². The third kappa shape index (κ3) is 3.31. The highest BCUT2D eigenvalue weighted by molar-refractivity contribution is 5.41. The summed E-state index contributed by atoms with van der Waals surface area (Å²) in [6.07, 6.45) is 1.72. The quantitative estimate of drug-likeness (QED) is 0.920. The Morgan fingerprint density at radius 3 is 2.67 bits per heavy atom. The Balaban J connectivity index is 2.17. The fourth-order valence-electron chi connectivity index (χ4n) is 2.15. The van der Waals surface area contributed by atoms with Gasteiger partial charge in [-0.15, -0.1) is 0 Å². The standard InChI is InChI=1S/C16H19FN2O2/c1-10-8-19-14(11(2)16(10)20-3)9-21-15-5-4-12(7-18)6-13(15)17/h4-6,8H,7,9,18H2,1-3H3. The van der Waals surface area contributed by atoms with Crippen molar-refractivity contribution in [1.82, 2.24) is 4.98 Å². The first-order chi connectivity index (χ1) is 10.1. The van der Waals surface area contributed by atoms with Crippen molar-refractivity contribution in [3.8, 4) is 11.5 Å². The van der Waals surface area contributed by atoms with Gasteiger partial charge in [0.15, 0.2) is 11.6 Å². The second-order valence-corrected chi connectivity index (χ2v) is 4.80. The molecule has 4 nitrogen and oxygen atoms in total. The van der Waals surface area contributed by atoms with Gasteiger partial charge in [0.1, 0.15) is 12.4 Å². The van der Waals surface area contributed by atoms with Crippen molar-refractivity contribution in [1.29, 1.82) is 0 Å². The number of ether oxygens (including phenoxy) is 2. The van der Waals surface area contributed by atoms with Crippen LogP contribution < -0.4 is 15.2 Å². The van der Waals surface area contributed by atoms with Gasteiger partial charge in [-0.25, -0.2) is 4.39 Å². The molecule has 21 heavy (non-hydrogen) atoms. The van der Waals surface area contributed by atoms with Gasteiger partial charge in [0, 0.05) is 23.9 Å². The molecule has 2 N–H and O–H groups in total. The van der Waals surface area contributed by atoms with E-state index in [0.29, 0.717) is 6.54 Å². The first-order valence-corrected chi connectivity index (χ1v) is 6.67. The van der Waals surface area contributed by atoms with Gasteiger partial charge in [-0.05, 0) is 31.5 Å². The second-order valence-electron chi connectivity index (χ2n) is 4.80. The van der Waals surface area contributed by atoms with Gasteiger partial charge in [0.25, 0.3) is 0 Å². The van der Waals surface area contributed by atoms with Crippen molar-refractivity contribution in [3.05, 3.63) is 52.6 Å². The van der Waals surface area contributed by atoms with Crippen LogP contribution in [0, 0.1) is 19.7 Å². The van der Waals surface area contributed by atoms with Crippen molar-refractivity contribution in [2.45, 2.75) is 27.0 Å². The minimum Gasteiger partial charge on any atom is -0.496 e. The van der Waals surface area contributed by atoms with E-state index in [0.717, 1.165) is 28.1 Å². The minimum atomic E-state index is -0.422. The molecule has 2 aromatic rings. The zero-order chi connectivity index (χ0) is 15.4. The van der Waals surface area contributed by atoms with Crippen molar-refractivity contribution >= 4 is 0 Å². The Morgan fingerprint density at radius 1 is 1.29 bits per heavy atom. The first-order valence-electron chi connectivity index (χ1n) is 6.67. The molecule has 0 amide bonds. The highest BCUT2D eigenvalue weighted by Gasteiger charge is 2.11. The third-order valence-corrected chi connectivity index (χ3v) is 3.35. The smallest absolute Gasteiger partial charge is 0.165 e. The monoisotopic (exact) mass is 290 g/mol. The maximum absolute atomic E-state index is 13.8. The summed E-state index contributed by atoms with van der Waals surface area (Å²) in [6.45, 7) is 4.31. The maximum Gasteiger partial charge on any atom is 0.165 e. The molecule has 1 aromatic heterocycles. The van der Waals surface area contributed by atoms with Gasteiger partial charge in [0.2, 0.25) is 0 Å². The van der Waals surface area contributed by atoms with E-state index < -0.39 is 5.82 Å². The summed E-state index contributed by atoms with van der Waals surface area (Å²) in [5.74, 6) is 0.546. The number of halogens is 1. The molecule has 0 saturated heterocycles. The highest BCUT2D eigenvalue weighted by atomic mass is 19.1. The zero-order valence-electron chi connectivity index (χ0n) is 12.4. The number of nitrogens with zero attached hydrogens (tertiary/aromatic N) is 1. The third-order valence-electron chi connectivity index (χ3n) is 3.35. The van der Waals surface area contributed by atoms with Gasteiger partial charge in [-0.1, -0.05) is 6.07 Å². The van der Waals surface area contributed by atoms with E-state index in [1.807, 2.05) is 13.8 Å². The van der Waals surface area contributed by atoms with Crippen LogP contribution in [0.15, 0.2) is 24.4 Å². The molecule has 0 bridgehead atoms. The number of rotatable bonds is 5. The van der Waals surface area contributed by atoms with Gasteiger partial charge in [-0.3, -0.25) is 4.98 Å². The molecule has 112 valence electrons. The fourth-order valence-corrected chi connectivity index (χ4v) is 2.15. The predicted molar refractivity (Wildman–Crippen MR) is 78.9 cm³/mol. The lowest BCUT2D eigenvalue weighted by Gasteiger charge is -2.13. The Morgan fingerprint density at radius 2 is 2.05 bits per heavy atom. The molecule has 1 heterocycles. The topological polar surface area (TPSA) is 57.4 Å². The van der Waals surface area contributed by atoms with E-state index in [-0.39, 0.29) is 12.4 Å². The van der Waals surface area contributed by atoms with Crippen LogP contribution in [0.3, 0.4) is 0 Å². The Labute approximate surface area is 123 Å². The molecule has 0 aliphatic rings. The lowest BCUT2D eigenvalue weighted by molar-refractivity contribution is 0.283. The van der Waals surface area contributed by atoms with Crippen molar-refractivity contribution in [2.75, 3.05) is 7.11 Å². The molecular formula is C16H19FN2O2. The predicted octanol–water partition coefficient (Wildman–Crippen LogP) is 2.88. The van der Waals surface area contributed by atoms with Crippen molar-refractivity contribution in [3.63, 3.8) is 0 Å². The fraction of sp³-hybridized carbons (Fsp3) is 0.312. The second kappa shape index (κ2) is 6.54. The number of hydrogen-bond acceptors (Lipinski definition) is 4. The van der Waals surface area contributed by atoms with Crippen LogP contribution in [0.5, 0.6) is 11.5 Å². The molecule has 0 unspecified atom stereocenters. The average molecular weight is 290 g/mol. The molecular weight excluding hydrogens is 271 g/mol. The van der Waals surface area contributed by atoms with E-state index in [9.17, 15) is 4.39 Å². The summed E-state index contributed by atoms with van der Waals surface area (Å²) < 4.78 is 24.7. The summed E-state index contributed by atoms with van der Waals surface area (Å²) in [5, 5.41) is 0. The minimum absolute atomic E-state index is 0.182. The number of hydrogen-bond donors (Lipinski definition) is 1. The molecule has 0 spiro atoms. The zero-order valence-corrected chi connectivity index (χ0v) is 12.4. The maximum atomic E-state index is 13.8. The molecule has 5 heteroatoms. The number of nitrogens with two attached hydrogens (primary N) is 1. The van der Waals surface area contributed by atoms with Gasteiger partial charge >= 0.3 is 0 Å². The molecule has 0 aliphatic carbocycles. The summed E-state index contributed by atoms with van der Waals surface area (Å²) in [6, 6.07) is 4.71. The van der Waals surface area contributed by atoms with Crippen LogP contribution in [0.2, 0.25) is 0 Å². The summed E-state index contributed by atoms with van der Waals surface area (Å²) >= 11 is 0. The van der Waals surface area contributed by atoms with Crippen LogP contribution in [0.1, 0.15) is 22.4 Å². The van der Waals surface area contributed by atoms with Crippen LogP contribution in [-0.4, -0.2) is 12.1 Å². The number of pyridine rings is 1. The highest BCUT2D eigenvalue weighted by Crippen LogP contribution is 2.25. The number of benzene rings is 1. The van der Waals surface area contributed by atoms with E-state index in [1.54, 1.807) is 25.4 Å². The Bertz CT molecular complexity index is 644. The molecule has 0 fully saturated rings. The van der Waals surface area contributed by atoms with Gasteiger partial charge in [0.05, 0.1) is 12.8 Å². The lowest BCUT2D eigenvalue weighted by atomic mass is 10.1. The molecule has 0 radical (unpaired) electrons. The van der Waals surface area contributed by atoms with Crippen molar-refractivity contribution < 1.29 is 13.9 Å². The van der Waals surface area contributed by atoms with Gasteiger partial charge in [-0.2, -0.15) is 0 Å². The lowest BCUT2D eigenvalue weighted by Crippen LogP contribution is -2.05. The number of methoxy groups -OCH3 is 1. The SMILES string of the molecule is COc1c(C)cnc(COc2ccc(CN)cc2F)c1C. The van der Waals surface area contributed by atoms with E-state index >= 15 is 0 Å². The molecule has 2 rings (SSSR count). The number of aryl methyl sites for hydroxylation is 1. The van der Waals surface area contributed by atoms with E-state index in [1.165, 1.54) is 6.07 Å². The summed E-state index contributed by atoms with van der Waals surface area (Å²) in [4.78, 5) is 4.32. The van der Waals surface area contributed by atoms with Gasteiger partial charge < -0.3 is 15.2 Å².